The van der Waals surface area contributed by atoms with Crippen LogP contribution in [0.1, 0.15) is 18.0 Å². The maximum atomic E-state index is 14.4. The van der Waals surface area contributed by atoms with Gasteiger partial charge in [-0.25, -0.2) is 0 Å². The molecule has 3 aromatic rings. The van der Waals surface area contributed by atoms with Crippen molar-refractivity contribution >= 4 is 17.8 Å². The number of nitrogens with zero attached hydrogens (tertiary/aromatic N) is 1. The lowest BCUT2D eigenvalue weighted by molar-refractivity contribution is -0.122. The van der Waals surface area contributed by atoms with Gasteiger partial charge >= 0.3 is 0 Å². The molecule has 0 saturated carbocycles. The normalized spacial score (nSPS) is 21.0. The van der Waals surface area contributed by atoms with E-state index in [1.165, 1.54) is 5.56 Å². The van der Waals surface area contributed by atoms with Crippen molar-refractivity contribution in [2.75, 3.05) is 7.05 Å². The van der Waals surface area contributed by atoms with E-state index in [1.807, 2.05) is 91.0 Å². The molecule has 4 heteroatoms. The van der Waals surface area contributed by atoms with Gasteiger partial charge < -0.3 is 4.57 Å². The molecule has 4 rings (SSSR count). The third-order valence-corrected chi connectivity index (χ3v) is 8.27. The van der Waals surface area contributed by atoms with Gasteiger partial charge in [-0.3, -0.25) is 4.84 Å². The summed E-state index contributed by atoms with van der Waals surface area (Å²) in [6, 6.07) is 29.9. The third kappa shape index (κ3) is 3.03. The lowest BCUT2D eigenvalue weighted by Crippen LogP contribution is -2.26. The molecule has 0 N–H and O–H groups in total. The summed E-state index contributed by atoms with van der Waals surface area (Å²) in [5.74, 6) is -0.373. The van der Waals surface area contributed by atoms with Crippen molar-refractivity contribution < 1.29 is 9.40 Å². The first-order valence-electron chi connectivity index (χ1n) is 8.85. The van der Waals surface area contributed by atoms with Crippen LogP contribution in [0.5, 0.6) is 0 Å². The zero-order valence-electron chi connectivity index (χ0n) is 14.7. The first kappa shape index (κ1) is 17.2. The van der Waals surface area contributed by atoms with E-state index in [4.69, 9.17) is 4.84 Å². The van der Waals surface area contributed by atoms with Gasteiger partial charge in [-0.05, 0) is 5.56 Å². The molecule has 132 valence electrons. The third-order valence-electron chi connectivity index (χ3n) is 5.02. The lowest BCUT2D eigenvalue weighted by Gasteiger charge is -2.24. The summed E-state index contributed by atoms with van der Waals surface area (Å²) in [5, 5.41) is 3.55. The van der Waals surface area contributed by atoms with Crippen molar-refractivity contribution in [2.24, 2.45) is 0 Å². The molecule has 0 aromatic heterocycles. The Morgan fingerprint density at radius 1 is 0.808 bits per heavy atom. The second kappa shape index (κ2) is 7.20. The molecule has 2 atom stereocenters. The molecule has 1 saturated heterocycles. The zero-order valence-corrected chi connectivity index (χ0v) is 15.6. The van der Waals surface area contributed by atoms with Gasteiger partial charge in [-0.15, -0.1) is 0 Å². The Morgan fingerprint density at radius 3 is 1.77 bits per heavy atom. The van der Waals surface area contributed by atoms with Gasteiger partial charge in [0.2, 0.25) is 0 Å². The van der Waals surface area contributed by atoms with Gasteiger partial charge in [0.05, 0.1) is 6.04 Å². The molecule has 1 aliphatic heterocycles. The van der Waals surface area contributed by atoms with Crippen molar-refractivity contribution in [2.45, 2.75) is 18.3 Å². The molecule has 0 radical (unpaired) electrons. The number of hydrogen-bond donors (Lipinski definition) is 0. The van der Waals surface area contributed by atoms with Gasteiger partial charge in [0.1, 0.15) is 5.85 Å². The molecule has 0 spiro atoms. The number of hydroxylamine groups is 2. The lowest BCUT2D eigenvalue weighted by atomic mass is 10.1. The monoisotopic (exact) mass is 363 g/mol. The van der Waals surface area contributed by atoms with Crippen LogP contribution in [0.3, 0.4) is 0 Å². The Balaban J connectivity index is 1.76. The van der Waals surface area contributed by atoms with E-state index in [-0.39, 0.29) is 11.9 Å². The molecule has 0 bridgehead atoms. The van der Waals surface area contributed by atoms with Crippen molar-refractivity contribution in [1.29, 1.82) is 0 Å². The highest BCUT2D eigenvalue weighted by Gasteiger charge is 2.45. The molecule has 0 aliphatic carbocycles. The number of rotatable bonds is 4. The van der Waals surface area contributed by atoms with Crippen LogP contribution < -0.4 is 10.6 Å². The molecular formula is C22H22NO2P. The minimum absolute atomic E-state index is 0.0990. The number of hydrogen-bond acceptors (Lipinski definition) is 3. The first-order valence-corrected chi connectivity index (χ1v) is 10.6. The van der Waals surface area contributed by atoms with Gasteiger partial charge in [0.15, 0.2) is 7.14 Å². The molecule has 3 nitrogen and oxygen atoms in total. The van der Waals surface area contributed by atoms with Crippen LogP contribution >= 0.6 is 7.14 Å². The van der Waals surface area contributed by atoms with Crippen molar-refractivity contribution in [3.05, 3.63) is 96.6 Å². The Labute approximate surface area is 154 Å². The van der Waals surface area contributed by atoms with E-state index in [1.54, 1.807) is 0 Å². The maximum Gasteiger partial charge on any atom is 0.172 e. The van der Waals surface area contributed by atoms with Crippen LogP contribution in [0.4, 0.5) is 0 Å². The highest BCUT2D eigenvalue weighted by molar-refractivity contribution is 7.79. The van der Waals surface area contributed by atoms with E-state index in [0.717, 1.165) is 10.6 Å². The van der Waals surface area contributed by atoms with Gasteiger partial charge in [-0.2, -0.15) is 5.06 Å². The quantitative estimate of drug-likeness (QED) is 0.646. The summed E-state index contributed by atoms with van der Waals surface area (Å²) in [5.41, 5.74) is 1.19. The van der Waals surface area contributed by atoms with E-state index in [2.05, 4.69) is 12.1 Å². The average Bonchev–Trinajstić information content (AvgIpc) is 3.11. The van der Waals surface area contributed by atoms with Crippen LogP contribution in [0.15, 0.2) is 91.0 Å². The molecular weight excluding hydrogens is 341 g/mol. The fourth-order valence-electron chi connectivity index (χ4n) is 3.66. The second-order valence-corrected chi connectivity index (χ2v) is 9.52. The van der Waals surface area contributed by atoms with E-state index >= 15 is 0 Å². The van der Waals surface area contributed by atoms with Gasteiger partial charge in [0.25, 0.3) is 0 Å². The van der Waals surface area contributed by atoms with Crippen molar-refractivity contribution in [3.8, 4) is 0 Å². The van der Waals surface area contributed by atoms with Gasteiger partial charge in [-0.1, -0.05) is 91.0 Å². The SMILES string of the molecule is CN1O[C@H](P(=O)(c2ccccc2)c2ccccc2)C[C@H]1c1ccccc1. The summed E-state index contributed by atoms with van der Waals surface area (Å²) < 4.78 is 14.4. The largest absolute Gasteiger partial charge is 0.311 e. The predicted molar refractivity (Wildman–Crippen MR) is 106 cm³/mol. The Hall–Kier alpha value is -2.19. The summed E-state index contributed by atoms with van der Waals surface area (Å²) >= 11 is 0. The standard InChI is InChI=1S/C22H22NO2P/c1-23-21(18-11-5-2-6-12-18)17-22(25-23)26(24,19-13-7-3-8-14-19)20-15-9-4-10-16-20/h2-16,21-22H,17H2,1H3/t21-,22+/m0/s1. The minimum Gasteiger partial charge on any atom is -0.311 e. The Kier molecular flexibility index (Phi) is 4.78. The summed E-state index contributed by atoms with van der Waals surface area (Å²) in [6.45, 7) is 0. The highest BCUT2D eigenvalue weighted by atomic mass is 31.2. The average molecular weight is 363 g/mol. The highest BCUT2D eigenvalue weighted by Crippen LogP contribution is 2.55. The maximum absolute atomic E-state index is 14.4. The second-order valence-electron chi connectivity index (χ2n) is 6.60. The van der Waals surface area contributed by atoms with Crippen LogP contribution in [-0.2, 0) is 9.40 Å². The minimum atomic E-state index is -2.93. The molecule has 1 aliphatic rings. The van der Waals surface area contributed by atoms with E-state index in [9.17, 15) is 4.57 Å². The van der Waals surface area contributed by atoms with Gasteiger partial charge in [0, 0.05) is 24.1 Å². The number of benzene rings is 3. The smallest absolute Gasteiger partial charge is 0.172 e. The van der Waals surface area contributed by atoms with Crippen molar-refractivity contribution in [1.82, 2.24) is 5.06 Å². The Morgan fingerprint density at radius 2 is 1.27 bits per heavy atom. The molecule has 1 fully saturated rings. The fourth-order valence-corrected chi connectivity index (χ4v) is 6.64. The molecule has 3 aromatic carbocycles. The molecule has 0 unspecified atom stereocenters. The topological polar surface area (TPSA) is 29.5 Å². The predicted octanol–water partition coefficient (Wildman–Crippen LogP) is 4.34. The summed E-state index contributed by atoms with van der Waals surface area (Å²) in [4.78, 5) is 6.17. The van der Waals surface area contributed by atoms with Crippen LogP contribution in [0.2, 0.25) is 0 Å². The molecule has 1 heterocycles. The Bertz CT molecular complexity index is 856. The molecule has 0 amide bonds. The van der Waals surface area contributed by atoms with Crippen molar-refractivity contribution in [3.63, 3.8) is 0 Å². The van der Waals surface area contributed by atoms with Crippen LogP contribution in [-0.4, -0.2) is 18.0 Å². The fraction of sp³-hybridized carbons (Fsp3) is 0.182. The molecule has 26 heavy (non-hydrogen) atoms. The zero-order chi connectivity index (χ0) is 18.0. The van der Waals surface area contributed by atoms with Crippen LogP contribution in [0, 0.1) is 0 Å². The van der Waals surface area contributed by atoms with Crippen LogP contribution in [0.25, 0.3) is 0 Å². The van der Waals surface area contributed by atoms with E-state index < -0.39 is 7.14 Å². The summed E-state index contributed by atoms with van der Waals surface area (Å²) in [6.07, 6.45) is 0.696. The first-order chi connectivity index (χ1) is 12.7. The van der Waals surface area contributed by atoms with E-state index in [0.29, 0.717) is 6.42 Å². The summed E-state index contributed by atoms with van der Waals surface area (Å²) in [7, 11) is -1.00.